The number of anilines is 2. The van der Waals surface area contributed by atoms with Crippen molar-refractivity contribution >= 4 is 72.7 Å². The fraction of sp³-hybridized carbons (Fsp3) is 0.0385. The van der Waals surface area contributed by atoms with Crippen LogP contribution in [0.4, 0.5) is 11.4 Å². The average molecular weight is 550 g/mol. The third kappa shape index (κ3) is 5.18. The summed E-state index contributed by atoms with van der Waals surface area (Å²) in [4.78, 5) is 15.0. The standard InChI is InChI=1S/C26H20ClN5O3S2/c27-19-11-12-22-20(14-19)24(30-31-26(36)29-21-7-3-4-8-23(21)37(28,34)35)25(33)32(22)15-16-9-10-17-5-1-2-6-18(17)13-16/h1-14H,15H2,(H2,28,34,35)(H2,29,31,36). The largest absolute Gasteiger partial charge is 0.330 e. The molecule has 0 aliphatic carbocycles. The molecule has 0 bridgehead atoms. The normalized spacial score (nSPS) is 14.2. The molecule has 0 saturated heterocycles. The summed E-state index contributed by atoms with van der Waals surface area (Å²) in [6.45, 7) is 0.335. The number of halogens is 1. The molecule has 37 heavy (non-hydrogen) atoms. The monoisotopic (exact) mass is 549 g/mol. The summed E-state index contributed by atoms with van der Waals surface area (Å²) in [5.41, 5.74) is 5.12. The molecule has 1 aliphatic heterocycles. The van der Waals surface area contributed by atoms with Gasteiger partial charge in [0.1, 0.15) is 4.90 Å². The fourth-order valence-electron chi connectivity index (χ4n) is 4.15. The molecule has 5 rings (SSSR count). The summed E-state index contributed by atoms with van der Waals surface area (Å²) in [5.74, 6) is -0.328. The Hall–Kier alpha value is -3.83. The van der Waals surface area contributed by atoms with E-state index in [1.807, 2.05) is 42.5 Å². The van der Waals surface area contributed by atoms with E-state index in [-0.39, 0.29) is 27.3 Å². The van der Waals surface area contributed by atoms with Crippen LogP contribution in [-0.4, -0.2) is 25.1 Å². The van der Waals surface area contributed by atoms with Crippen LogP contribution in [0.25, 0.3) is 10.8 Å². The van der Waals surface area contributed by atoms with Crippen molar-refractivity contribution in [3.05, 3.63) is 101 Å². The van der Waals surface area contributed by atoms with Gasteiger partial charge in [-0.1, -0.05) is 60.1 Å². The topological polar surface area (TPSA) is 117 Å². The second kappa shape index (κ2) is 9.91. The van der Waals surface area contributed by atoms with Gasteiger partial charge in [0.05, 0.1) is 17.9 Å². The van der Waals surface area contributed by atoms with Crippen LogP contribution in [0.15, 0.2) is 94.9 Å². The van der Waals surface area contributed by atoms with Crippen LogP contribution in [0, 0.1) is 0 Å². The highest BCUT2D eigenvalue weighted by atomic mass is 35.5. The van der Waals surface area contributed by atoms with E-state index >= 15 is 0 Å². The lowest BCUT2D eigenvalue weighted by atomic mass is 10.1. The number of hydrazone groups is 1. The number of benzene rings is 4. The highest BCUT2D eigenvalue weighted by Gasteiger charge is 2.34. The van der Waals surface area contributed by atoms with Gasteiger partial charge in [0.25, 0.3) is 5.91 Å². The summed E-state index contributed by atoms with van der Waals surface area (Å²) in [6, 6.07) is 25.3. The molecule has 186 valence electrons. The molecule has 1 amide bonds. The minimum atomic E-state index is -3.98. The predicted octanol–water partition coefficient (Wildman–Crippen LogP) is 4.38. The number of carbonyl (C=O) groups excluding carboxylic acids is 1. The molecule has 1 heterocycles. The van der Waals surface area contributed by atoms with E-state index in [2.05, 4.69) is 15.8 Å². The number of sulfonamides is 1. The van der Waals surface area contributed by atoms with Crippen LogP contribution >= 0.6 is 23.8 Å². The SMILES string of the molecule is NS(=O)(=O)c1ccccc1NC(=S)NN=C1C(=O)N(Cc2ccc3ccccc3c2)c2ccc(Cl)cc21. The Kier molecular flexibility index (Phi) is 6.65. The lowest BCUT2D eigenvalue weighted by Crippen LogP contribution is -2.32. The first kappa shape index (κ1) is 24.8. The number of thiocarbonyl (C=S) groups is 1. The predicted molar refractivity (Wildman–Crippen MR) is 150 cm³/mol. The van der Waals surface area contributed by atoms with Crippen LogP contribution in [-0.2, 0) is 21.4 Å². The fourth-order valence-corrected chi connectivity index (χ4v) is 5.17. The number of nitrogens with one attached hydrogen (secondary N) is 2. The number of rotatable bonds is 5. The Morgan fingerprint density at radius 1 is 0.973 bits per heavy atom. The molecule has 0 radical (unpaired) electrons. The van der Waals surface area contributed by atoms with Gasteiger partial charge in [0.2, 0.25) is 10.0 Å². The average Bonchev–Trinajstić information content (AvgIpc) is 3.12. The zero-order valence-corrected chi connectivity index (χ0v) is 21.6. The second-order valence-electron chi connectivity index (χ2n) is 8.30. The summed E-state index contributed by atoms with van der Waals surface area (Å²) < 4.78 is 23.7. The molecule has 4 N–H and O–H groups in total. The van der Waals surface area contributed by atoms with E-state index in [9.17, 15) is 13.2 Å². The Balaban J connectivity index is 1.41. The van der Waals surface area contributed by atoms with Crippen molar-refractivity contribution in [2.24, 2.45) is 10.2 Å². The third-order valence-corrected chi connectivity index (χ3v) is 7.22. The summed E-state index contributed by atoms with van der Waals surface area (Å²) in [6.07, 6.45) is 0. The second-order valence-corrected chi connectivity index (χ2v) is 10.7. The number of amides is 1. The number of nitrogens with two attached hydrogens (primary N) is 1. The molecule has 11 heteroatoms. The Morgan fingerprint density at radius 2 is 1.70 bits per heavy atom. The summed E-state index contributed by atoms with van der Waals surface area (Å²) in [5, 5.41) is 14.9. The van der Waals surface area contributed by atoms with Crippen LogP contribution in [0.5, 0.6) is 0 Å². The van der Waals surface area contributed by atoms with Crippen molar-refractivity contribution in [1.29, 1.82) is 0 Å². The lowest BCUT2D eigenvalue weighted by molar-refractivity contribution is -0.112. The van der Waals surface area contributed by atoms with Crippen LogP contribution < -0.4 is 20.8 Å². The first-order valence-electron chi connectivity index (χ1n) is 11.1. The first-order valence-corrected chi connectivity index (χ1v) is 13.4. The molecule has 0 spiro atoms. The van der Waals surface area contributed by atoms with Crippen molar-refractivity contribution in [1.82, 2.24) is 5.43 Å². The first-order chi connectivity index (χ1) is 17.7. The minimum absolute atomic E-state index is 0.0204. The maximum atomic E-state index is 13.5. The number of carbonyl (C=O) groups is 1. The van der Waals surface area contributed by atoms with Gasteiger partial charge in [-0.05, 0) is 65.0 Å². The number of nitrogens with zero attached hydrogens (tertiary/aromatic N) is 2. The molecule has 4 aromatic carbocycles. The molecule has 0 aromatic heterocycles. The molecule has 0 atom stereocenters. The molecular formula is C26H20ClN5O3S2. The Labute approximate surface area is 223 Å². The number of fused-ring (bicyclic) bond motifs is 2. The van der Waals surface area contributed by atoms with Crippen LogP contribution in [0.1, 0.15) is 11.1 Å². The number of hydrogen-bond donors (Lipinski definition) is 3. The minimum Gasteiger partial charge on any atom is -0.330 e. The van der Waals surface area contributed by atoms with Gasteiger partial charge in [0, 0.05) is 10.6 Å². The maximum Gasteiger partial charge on any atom is 0.279 e. The van der Waals surface area contributed by atoms with E-state index in [1.165, 1.54) is 12.1 Å². The van der Waals surface area contributed by atoms with E-state index in [0.29, 0.717) is 22.8 Å². The Morgan fingerprint density at radius 3 is 2.49 bits per heavy atom. The zero-order chi connectivity index (χ0) is 26.2. The molecular weight excluding hydrogens is 530 g/mol. The van der Waals surface area contributed by atoms with Crippen molar-refractivity contribution < 1.29 is 13.2 Å². The number of para-hydroxylation sites is 1. The molecule has 1 aliphatic rings. The molecule has 0 fully saturated rings. The summed E-state index contributed by atoms with van der Waals surface area (Å²) >= 11 is 11.5. The van der Waals surface area contributed by atoms with Crippen LogP contribution in [0.3, 0.4) is 0 Å². The van der Waals surface area contributed by atoms with E-state index < -0.39 is 10.0 Å². The van der Waals surface area contributed by atoms with Crippen molar-refractivity contribution in [3.63, 3.8) is 0 Å². The quantitative estimate of drug-likeness (QED) is 0.251. The van der Waals surface area contributed by atoms with Crippen LogP contribution in [0.2, 0.25) is 5.02 Å². The summed E-state index contributed by atoms with van der Waals surface area (Å²) in [7, 11) is -3.98. The molecule has 8 nitrogen and oxygen atoms in total. The van der Waals surface area contributed by atoms with Crippen molar-refractivity contribution in [3.8, 4) is 0 Å². The van der Waals surface area contributed by atoms with Gasteiger partial charge in [-0.3, -0.25) is 10.2 Å². The van der Waals surface area contributed by atoms with Gasteiger partial charge >= 0.3 is 0 Å². The molecule has 0 unspecified atom stereocenters. The van der Waals surface area contributed by atoms with Crippen molar-refractivity contribution in [2.45, 2.75) is 11.4 Å². The number of primary sulfonamides is 1. The van der Waals surface area contributed by atoms with Gasteiger partial charge in [-0.15, -0.1) is 0 Å². The van der Waals surface area contributed by atoms with Gasteiger partial charge in [-0.2, -0.15) is 5.10 Å². The van der Waals surface area contributed by atoms with Gasteiger partial charge < -0.3 is 10.2 Å². The van der Waals surface area contributed by atoms with E-state index in [4.69, 9.17) is 29.0 Å². The molecule has 4 aromatic rings. The van der Waals surface area contributed by atoms with Gasteiger partial charge in [0.15, 0.2) is 10.8 Å². The third-order valence-electron chi connectivity index (χ3n) is 5.82. The van der Waals surface area contributed by atoms with Gasteiger partial charge in [-0.25, -0.2) is 13.6 Å². The van der Waals surface area contributed by atoms with Crippen molar-refractivity contribution in [2.75, 3.05) is 10.2 Å². The zero-order valence-electron chi connectivity index (χ0n) is 19.2. The smallest absolute Gasteiger partial charge is 0.279 e. The highest BCUT2D eigenvalue weighted by molar-refractivity contribution is 7.89. The molecule has 0 saturated carbocycles. The highest BCUT2D eigenvalue weighted by Crippen LogP contribution is 2.33. The maximum absolute atomic E-state index is 13.5. The Bertz CT molecular complexity index is 1710. The lowest BCUT2D eigenvalue weighted by Gasteiger charge is -2.17. The number of hydrogen-bond acceptors (Lipinski definition) is 5. The van der Waals surface area contributed by atoms with E-state index in [1.54, 1.807) is 35.2 Å². The van der Waals surface area contributed by atoms with E-state index in [0.717, 1.165) is 16.3 Å².